The quantitative estimate of drug-likeness (QED) is 0.699. The number of sulfonamides is 1. The first-order chi connectivity index (χ1) is 12.6. The number of nitrogens with one attached hydrogen (secondary N) is 2. The molecule has 0 radical (unpaired) electrons. The standard InChI is InChI=1S/C17H18N4O3S2/c22-17(16-13-5-1-2-6-14(13)19-20-16)18-11-12-7-8-15(25-12)26(23,24)21-9-3-4-10-21/h1-2,5-8H,3-4,9-11H2,(H,18,22)(H,19,20). The first-order valence-corrected chi connectivity index (χ1v) is 10.6. The van der Waals surface area contributed by atoms with Gasteiger partial charge in [-0.1, -0.05) is 18.2 Å². The Kier molecular flexibility index (Phi) is 4.51. The van der Waals surface area contributed by atoms with Crippen molar-refractivity contribution in [1.82, 2.24) is 19.8 Å². The molecule has 1 fully saturated rings. The third-order valence-corrected chi connectivity index (χ3v) is 7.86. The zero-order chi connectivity index (χ0) is 18.1. The van der Waals surface area contributed by atoms with Gasteiger partial charge >= 0.3 is 0 Å². The minimum absolute atomic E-state index is 0.264. The van der Waals surface area contributed by atoms with Crippen LogP contribution in [0.4, 0.5) is 0 Å². The van der Waals surface area contributed by atoms with Gasteiger partial charge in [-0.3, -0.25) is 9.89 Å². The van der Waals surface area contributed by atoms with Crippen molar-refractivity contribution in [2.24, 2.45) is 0 Å². The zero-order valence-electron chi connectivity index (χ0n) is 13.9. The van der Waals surface area contributed by atoms with E-state index in [0.29, 0.717) is 23.0 Å². The fourth-order valence-corrected chi connectivity index (χ4v) is 6.00. The molecule has 26 heavy (non-hydrogen) atoms. The van der Waals surface area contributed by atoms with Gasteiger partial charge in [0.1, 0.15) is 4.21 Å². The number of amides is 1. The van der Waals surface area contributed by atoms with Gasteiger partial charge in [-0.2, -0.15) is 9.40 Å². The summed E-state index contributed by atoms with van der Waals surface area (Å²) in [5.41, 5.74) is 1.13. The van der Waals surface area contributed by atoms with Gasteiger partial charge in [0.2, 0.25) is 0 Å². The summed E-state index contributed by atoms with van der Waals surface area (Å²) < 4.78 is 27.0. The van der Waals surface area contributed by atoms with Crippen molar-refractivity contribution in [3.63, 3.8) is 0 Å². The Morgan fingerprint density at radius 2 is 1.96 bits per heavy atom. The third kappa shape index (κ3) is 3.13. The molecule has 1 saturated heterocycles. The Balaban J connectivity index is 1.45. The number of thiophene rings is 1. The predicted octanol–water partition coefficient (Wildman–Crippen LogP) is 2.34. The van der Waals surface area contributed by atoms with Crippen LogP contribution in [0.2, 0.25) is 0 Å². The third-order valence-electron chi connectivity index (χ3n) is 4.40. The number of para-hydroxylation sites is 1. The SMILES string of the molecule is O=C(NCc1ccc(S(=O)(=O)N2CCCC2)s1)c1n[nH]c2ccccc12. The smallest absolute Gasteiger partial charge is 0.272 e. The van der Waals surface area contributed by atoms with Gasteiger partial charge < -0.3 is 5.32 Å². The van der Waals surface area contributed by atoms with E-state index in [1.54, 1.807) is 12.1 Å². The van der Waals surface area contributed by atoms with E-state index in [0.717, 1.165) is 28.6 Å². The minimum Gasteiger partial charge on any atom is -0.346 e. The second-order valence-electron chi connectivity index (χ2n) is 6.13. The zero-order valence-corrected chi connectivity index (χ0v) is 15.6. The van der Waals surface area contributed by atoms with Crippen molar-refractivity contribution in [2.45, 2.75) is 23.6 Å². The van der Waals surface area contributed by atoms with E-state index in [1.165, 1.54) is 15.6 Å². The Hall–Kier alpha value is -2.23. The van der Waals surface area contributed by atoms with Crippen molar-refractivity contribution >= 4 is 38.2 Å². The molecule has 4 rings (SSSR count). The molecule has 1 aliphatic heterocycles. The Morgan fingerprint density at radius 1 is 1.19 bits per heavy atom. The molecule has 1 aromatic carbocycles. The van der Waals surface area contributed by atoms with Crippen LogP contribution in [-0.4, -0.2) is 41.9 Å². The van der Waals surface area contributed by atoms with Gasteiger partial charge in [0.15, 0.2) is 5.69 Å². The summed E-state index contributed by atoms with van der Waals surface area (Å²) >= 11 is 1.20. The highest BCUT2D eigenvalue weighted by Crippen LogP contribution is 2.27. The summed E-state index contributed by atoms with van der Waals surface area (Å²) in [6, 6.07) is 10.8. The fraction of sp³-hybridized carbons (Fsp3) is 0.294. The van der Waals surface area contributed by atoms with Crippen LogP contribution in [0.3, 0.4) is 0 Å². The average molecular weight is 390 g/mol. The van der Waals surface area contributed by atoms with Gasteiger partial charge in [0.25, 0.3) is 15.9 Å². The van der Waals surface area contributed by atoms with Crippen molar-refractivity contribution in [3.05, 3.63) is 47.0 Å². The molecule has 9 heteroatoms. The molecule has 7 nitrogen and oxygen atoms in total. The molecule has 0 atom stereocenters. The van der Waals surface area contributed by atoms with Crippen LogP contribution in [-0.2, 0) is 16.6 Å². The Bertz CT molecular complexity index is 1050. The van der Waals surface area contributed by atoms with E-state index in [9.17, 15) is 13.2 Å². The summed E-state index contributed by atoms with van der Waals surface area (Å²) in [6.07, 6.45) is 1.82. The lowest BCUT2D eigenvalue weighted by atomic mass is 10.2. The number of aromatic amines is 1. The van der Waals surface area contributed by atoms with E-state index >= 15 is 0 Å². The Labute approximate surface area is 155 Å². The lowest BCUT2D eigenvalue weighted by Gasteiger charge is -2.13. The summed E-state index contributed by atoms with van der Waals surface area (Å²) in [5.74, 6) is -0.292. The highest BCUT2D eigenvalue weighted by atomic mass is 32.2. The van der Waals surface area contributed by atoms with Gasteiger partial charge in [-0.05, 0) is 31.0 Å². The molecular weight excluding hydrogens is 372 g/mol. The van der Waals surface area contributed by atoms with Crippen LogP contribution in [0.1, 0.15) is 28.2 Å². The van der Waals surface area contributed by atoms with Crippen molar-refractivity contribution < 1.29 is 13.2 Å². The van der Waals surface area contributed by atoms with Crippen LogP contribution < -0.4 is 5.32 Å². The first-order valence-electron chi connectivity index (χ1n) is 8.36. The molecule has 2 aromatic heterocycles. The number of carbonyl (C=O) groups is 1. The molecule has 3 heterocycles. The summed E-state index contributed by atoms with van der Waals surface area (Å²) in [4.78, 5) is 13.2. The van der Waals surface area contributed by atoms with E-state index < -0.39 is 10.0 Å². The summed E-state index contributed by atoms with van der Waals surface area (Å²) in [7, 11) is -3.41. The van der Waals surface area contributed by atoms with Crippen molar-refractivity contribution in [3.8, 4) is 0 Å². The molecule has 0 unspecified atom stereocenters. The molecule has 3 aromatic rings. The van der Waals surface area contributed by atoms with E-state index in [1.807, 2.05) is 24.3 Å². The average Bonchev–Trinajstić information content (AvgIpc) is 3.40. The number of nitrogens with zero attached hydrogens (tertiary/aromatic N) is 2. The van der Waals surface area contributed by atoms with Crippen LogP contribution in [0.25, 0.3) is 10.9 Å². The highest BCUT2D eigenvalue weighted by molar-refractivity contribution is 7.91. The molecule has 1 amide bonds. The number of hydrogen-bond donors (Lipinski definition) is 2. The lowest BCUT2D eigenvalue weighted by molar-refractivity contribution is 0.0948. The van der Waals surface area contributed by atoms with E-state index in [4.69, 9.17) is 0 Å². The summed E-state index contributed by atoms with van der Waals surface area (Å²) in [5, 5.41) is 10.5. The normalized spacial score (nSPS) is 15.5. The number of hydrogen-bond acceptors (Lipinski definition) is 5. The molecule has 136 valence electrons. The van der Waals surface area contributed by atoms with Gasteiger partial charge in [-0.15, -0.1) is 11.3 Å². The minimum atomic E-state index is -3.41. The maximum absolute atomic E-state index is 12.6. The van der Waals surface area contributed by atoms with Crippen LogP contribution >= 0.6 is 11.3 Å². The summed E-state index contributed by atoms with van der Waals surface area (Å²) in [6.45, 7) is 1.43. The number of benzene rings is 1. The predicted molar refractivity (Wildman–Crippen MR) is 99.6 cm³/mol. The number of H-pyrrole nitrogens is 1. The molecule has 0 bridgehead atoms. The number of rotatable bonds is 5. The van der Waals surface area contributed by atoms with Crippen LogP contribution in [0, 0.1) is 0 Å². The molecular formula is C17H18N4O3S2. The Morgan fingerprint density at radius 3 is 2.77 bits per heavy atom. The van der Waals surface area contributed by atoms with Crippen LogP contribution in [0.5, 0.6) is 0 Å². The fourth-order valence-electron chi connectivity index (χ4n) is 3.04. The largest absolute Gasteiger partial charge is 0.346 e. The topological polar surface area (TPSA) is 95.2 Å². The second-order valence-corrected chi connectivity index (χ2v) is 9.47. The number of fused-ring (bicyclic) bond motifs is 1. The lowest BCUT2D eigenvalue weighted by Crippen LogP contribution is -2.27. The van der Waals surface area contributed by atoms with Gasteiger partial charge in [0.05, 0.1) is 12.1 Å². The highest BCUT2D eigenvalue weighted by Gasteiger charge is 2.28. The maximum atomic E-state index is 12.6. The molecule has 0 spiro atoms. The molecule has 1 aliphatic rings. The number of carbonyl (C=O) groups excluding carboxylic acids is 1. The van der Waals surface area contributed by atoms with E-state index in [-0.39, 0.29) is 12.5 Å². The molecule has 0 saturated carbocycles. The first kappa shape index (κ1) is 17.2. The van der Waals surface area contributed by atoms with E-state index in [2.05, 4.69) is 15.5 Å². The van der Waals surface area contributed by atoms with Crippen molar-refractivity contribution in [1.29, 1.82) is 0 Å². The van der Waals surface area contributed by atoms with Crippen LogP contribution in [0.15, 0.2) is 40.6 Å². The molecule has 2 N–H and O–H groups in total. The monoisotopic (exact) mass is 390 g/mol. The number of aromatic nitrogens is 2. The molecule has 0 aliphatic carbocycles. The maximum Gasteiger partial charge on any atom is 0.272 e. The van der Waals surface area contributed by atoms with Gasteiger partial charge in [-0.25, -0.2) is 8.42 Å². The second kappa shape index (κ2) is 6.82. The van der Waals surface area contributed by atoms with Crippen molar-refractivity contribution in [2.75, 3.05) is 13.1 Å². The van der Waals surface area contributed by atoms with Gasteiger partial charge in [0, 0.05) is 23.4 Å².